The summed E-state index contributed by atoms with van der Waals surface area (Å²) in [6, 6.07) is 6.95. The zero-order valence-corrected chi connectivity index (χ0v) is 15.7. The molecule has 5 nitrogen and oxygen atoms in total. The summed E-state index contributed by atoms with van der Waals surface area (Å²) in [4.78, 5) is 16.6. The quantitative estimate of drug-likeness (QED) is 0.591. The molecule has 0 N–H and O–H groups in total. The number of rotatable bonds is 6. The van der Waals surface area contributed by atoms with Crippen molar-refractivity contribution in [1.82, 2.24) is 4.98 Å². The Morgan fingerprint density at radius 2 is 1.64 bits per heavy atom. The Hall–Kier alpha value is -3.22. The highest BCUT2D eigenvalue weighted by Gasteiger charge is 2.20. The number of aromatic nitrogens is 1. The minimum atomic E-state index is -0.662. The summed E-state index contributed by atoms with van der Waals surface area (Å²) in [5.41, 5.74) is 0.526. The van der Waals surface area contributed by atoms with Crippen molar-refractivity contribution < 1.29 is 27.8 Å². The zero-order chi connectivity index (χ0) is 20.3. The molecule has 28 heavy (non-hydrogen) atoms. The number of halogens is 2. The van der Waals surface area contributed by atoms with E-state index < -0.39 is 17.6 Å². The van der Waals surface area contributed by atoms with Gasteiger partial charge in [-0.1, -0.05) is 6.07 Å². The number of ether oxygens (including phenoxy) is 3. The Morgan fingerprint density at radius 1 is 1.04 bits per heavy atom. The highest BCUT2D eigenvalue weighted by Crippen LogP contribution is 2.35. The molecule has 0 aliphatic carbocycles. The fraction of sp³-hybridized carbons (Fsp3) is 0.238. The molecular formula is C21H19F2NO4. The van der Waals surface area contributed by atoms with E-state index in [1.54, 1.807) is 19.1 Å². The van der Waals surface area contributed by atoms with Crippen LogP contribution in [-0.4, -0.2) is 31.8 Å². The number of esters is 1. The fourth-order valence-corrected chi connectivity index (χ4v) is 3.00. The Bertz CT molecular complexity index is 1020. The monoisotopic (exact) mass is 387 g/mol. The van der Waals surface area contributed by atoms with Gasteiger partial charge in [-0.3, -0.25) is 4.98 Å². The number of fused-ring (bicyclic) bond motifs is 1. The first kappa shape index (κ1) is 19.5. The third-order valence-electron chi connectivity index (χ3n) is 4.38. The number of carbonyl (C=O) groups is 1. The summed E-state index contributed by atoms with van der Waals surface area (Å²) in [6.07, 6.45) is 1.26. The SMILES string of the molecule is CCOC(=O)c1cnc(Cc2c(F)cccc2F)c2cc(OC)c(OC)cc12. The summed E-state index contributed by atoms with van der Waals surface area (Å²) < 4.78 is 44.0. The zero-order valence-electron chi connectivity index (χ0n) is 15.7. The standard InChI is InChI=1S/C21H19F2NO4/c1-4-28-21(25)15-11-24-18(8-14-16(22)6-5-7-17(14)23)13-10-20(27-3)19(26-2)9-12(13)15/h5-7,9-11H,4,8H2,1-3H3. The minimum absolute atomic E-state index is 0.0897. The Morgan fingerprint density at radius 3 is 2.21 bits per heavy atom. The normalized spacial score (nSPS) is 10.8. The van der Waals surface area contributed by atoms with Crippen LogP contribution in [0, 0.1) is 11.6 Å². The van der Waals surface area contributed by atoms with Crippen molar-refractivity contribution in [2.75, 3.05) is 20.8 Å². The third kappa shape index (κ3) is 3.60. The average Bonchev–Trinajstić information content (AvgIpc) is 2.69. The van der Waals surface area contributed by atoms with E-state index in [2.05, 4.69) is 4.98 Å². The van der Waals surface area contributed by atoms with E-state index in [-0.39, 0.29) is 24.2 Å². The molecule has 146 valence electrons. The molecule has 7 heteroatoms. The second kappa shape index (κ2) is 8.21. The molecule has 0 aliphatic heterocycles. The van der Waals surface area contributed by atoms with Crippen molar-refractivity contribution in [2.24, 2.45) is 0 Å². The molecule has 0 saturated carbocycles. The molecule has 0 radical (unpaired) electrons. The second-order valence-electron chi connectivity index (χ2n) is 5.97. The lowest BCUT2D eigenvalue weighted by Crippen LogP contribution is -2.08. The van der Waals surface area contributed by atoms with Gasteiger partial charge < -0.3 is 14.2 Å². The van der Waals surface area contributed by atoms with Crippen LogP contribution in [0.25, 0.3) is 10.8 Å². The van der Waals surface area contributed by atoms with Crippen LogP contribution < -0.4 is 9.47 Å². The van der Waals surface area contributed by atoms with Gasteiger partial charge in [0, 0.05) is 29.0 Å². The predicted octanol–water partition coefficient (Wildman–Crippen LogP) is 4.30. The third-order valence-corrected chi connectivity index (χ3v) is 4.38. The van der Waals surface area contributed by atoms with Gasteiger partial charge in [0.05, 0.1) is 32.1 Å². The molecule has 0 atom stereocenters. The molecule has 0 spiro atoms. The van der Waals surface area contributed by atoms with Crippen LogP contribution in [0.15, 0.2) is 36.5 Å². The van der Waals surface area contributed by atoms with Gasteiger partial charge in [-0.2, -0.15) is 0 Å². The predicted molar refractivity (Wildman–Crippen MR) is 100.0 cm³/mol. The lowest BCUT2D eigenvalue weighted by atomic mass is 9.99. The smallest absolute Gasteiger partial charge is 0.340 e. The summed E-state index contributed by atoms with van der Waals surface area (Å²) in [7, 11) is 2.95. The van der Waals surface area contributed by atoms with Gasteiger partial charge >= 0.3 is 5.97 Å². The molecule has 3 aromatic rings. The summed E-state index contributed by atoms with van der Waals surface area (Å²) >= 11 is 0. The van der Waals surface area contributed by atoms with Gasteiger partial charge in [-0.15, -0.1) is 0 Å². The molecule has 1 aromatic heterocycles. The van der Waals surface area contributed by atoms with E-state index in [1.807, 2.05) is 0 Å². The number of benzene rings is 2. The Kier molecular flexibility index (Phi) is 5.73. The van der Waals surface area contributed by atoms with Gasteiger partial charge in [-0.25, -0.2) is 13.6 Å². The number of hydrogen-bond acceptors (Lipinski definition) is 5. The first-order valence-corrected chi connectivity index (χ1v) is 8.63. The highest BCUT2D eigenvalue weighted by atomic mass is 19.1. The number of pyridine rings is 1. The first-order chi connectivity index (χ1) is 13.5. The maximum atomic E-state index is 14.1. The van der Waals surface area contributed by atoms with Crippen molar-refractivity contribution in [3.05, 3.63) is 65.0 Å². The fourth-order valence-electron chi connectivity index (χ4n) is 3.00. The lowest BCUT2D eigenvalue weighted by Gasteiger charge is -2.14. The maximum Gasteiger partial charge on any atom is 0.340 e. The Labute approximate surface area is 160 Å². The molecule has 0 amide bonds. The van der Waals surface area contributed by atoms with Crippen LogP contribution in [-0.2, 0) is 11.2 Å². The molecule has 0 saturated heterocycles. The lowest BCUT2D eigenvalue weighted by molar-refractivity contribution is 0.0528. The summed E-state index contributed by atoms with van der Waals surface area (Å²) in [6.45, 7) is 1.91. The van der Waals surface area contributed by atoms with Crippen molar-refractivity contribution >= 4 is 16.7 Å². The molecule has 0 fully saturated rings. The van der Waals surface area contributed by atoms with Crippen molar-refractivity contribution in [1.29, 1.82) is 0 Å². The number of methoxy groups -OCH3 is 2. The van der Waals surface area contributed by atoms with E-state index >= 15 is 0 Å². The average molecular weight is 387 g/mol. The van der Waals surface area contributed by atoms with Crippen LogP contribution >= 0.6 is 0 Å². The number of carbonyl (C=O) groups excluding carboxylic acids is 1. The molecule has 0 unspecified atom stereocenters. The Balaban J connectivity index is 2.23. The van der Waals surface area contributed by atoms with Crippen LogP contribution in [0.3, 0.4) is 0 Å². The van der Waals surface area contributed by atoms with E-state index in [9.17, 15) is 13.6 Å². The summed E-state index contributed by atoms with van der Waals surface area (Å²) in [5, 5.41) is 1.02. The van der Waals surface area contributed by atoms with Gasteiger partial charge in [-0.05, 0) is 31.2 Å². The summed E-state index contributed by atoms with van der Waals surface area (Å²) in [5.74, 6) is -1.05. The number of nitrogens with zero attached hydrogens (tertiary/aromatic N) is 1. The van der Waals surface area contributed by atoms with Crippen molar-refractivity contribution in [3.63, 3.8) is 0 Å². The van der Waals surface area contributed by atoms with E-state index in [0.29, 0.717) is 28.0 Å². The van der Waals surface area contributed by atoms with E-state index in [1.165, 1.54) is 38.6 Å². The highest BCUT2D eigenvalue weighted by molar-refractivity contribution is 6.05. The van der Waals surface area contributed by atoms with Crippen LogP contribution in [0.1, 0.15) is 28.5 Å². The van der Waals surface area contributed by atoms with E-state index in [4.69, 9.17) is 14.2 Å². The topological polar surface area (TPSA) is 57.7 Å². The van der Waals surface area contributed by atoms with Gasteiger partial charge in [0.25, 0.3) is 0 Å². The first-order valence-electron chi connectivity index (χ1n) is 8.63. The minimum Gasteiger partial charge on any atom is -0.493 e. The van der Waals surface area contributed by atoms with E-state index in [0.717, 1.165) is 0 Å². The van der Waals surface area contributed by atoms with Crippen LogP contribution in [0.2, 0.25) is 0 Å². The number of hydrogen-bond donors (Lipinski definition) is 0. The van der Waals surface area contributed by atoms with Crippen LogP contribution in [0.5, 0.6) is 11.5 Å². The molecule has 2 aromatic carbocycles. The molecule has 3 rings (SSSR count). The largest absolute Gasteiger partial charge is 0.493 e. The molecule has 0 bridgehead atoms. The van der Waals surface area contributed by atoms with Crippen molar-refractivity contribution in [2.45, 2.75) is 13.3 Å². The molecule has 0 aliphatic rings. The molecule has 1 heterocycles. The maximum absolute atomic E-state index is 14.1. The second-order valence-corrected chi connectivity index (χ2v) is 5.97. The van der Waals surface area contributed by atoms with Crippen LogP contribution in [0.4, 0.5) is 8.78 Å². The van der Waals surface area contributed by atoms with Crippen molar-refractivity contribution in [3.8, 4) is 11.5 Å². The van der Waals surface area contributed by atoms with Gasteiger partial charge in [0.2, 0.25) is 0 Å². The van der Waals surface area contributed by atoms with Gasteiger partial charge in [0.15, 0.2) is 11.5 Å². The van der Waals surface area contributed by atoms with Gasteiger partial charge in [0.1, 0.15) is 11.6 Å². The molecular weight excluding hydrogens is 368 g/mol.